The number of nitrogens with zero attached hydrogens (tertiary/aromatic N) is 4. The maximum Gasteiger partial charge on any atom is 0.269 e. The van der Waals surface area contributed by atoms with Crippen LogP contribution in [0.2, 0.25) is 0 Å². The van der Waals surface area contributed by atoms with Gasteiger partial charge in [-0.25, -0.2) is 0 Å². The predicted molar refractivity (Wildman–Crippen MR) is 97.9 cm³/mol. The molecule has 2 heterocycles. The van der Waals surface area contributed by atoms with E-state index in [4.69, 9.17) is 0 Å². The molecular weight excluding hydrogens is 336 g/mol. The Morgan fingerprint density at radius 2 is 1.88 bits per heavy atom. The lowest BCUT2D eigenvalue weighted by atomic mass is 10.1. The summed E-state index contributed by atoms with van der Waals surface area (Å²) in [5, 5.41) is 21.3. The third-order valence-corrected chi connectivity index (χ3v) is 5.09. The topological polar surface area (TPSA) is 73.3 Å². The molecule has 0 amide bonds. The molecule has 0 radical (unpaired) electrons. The molecule has 6 nitrogen and oxygen atoms in total. The van der Waals surface area contributed by atoms with Crippen LogP contribution in [-0.2, 0) is 5.75 Å². The van der Waals surface area contributed by atoms with Gasteiger partial charge in [0.1, 0.15) is 0 Å². The molecule has 0 aliphatic heterocycles. The van der Waals surface area contributed by atoms with Gasteiger partial charge in [0.2, 0.25) is 0 Å². The number of hydrogen-bond acceptors (Lipinski definition) is 5. The summed E-state index contributed by atoms with van der Waals surface area (Å²) in [6.45, 7) is 2.07. The van der Waals surface area contributed by atoms with Crippen molar-refractivity contribution in [3.8, 4) is 0 Å². The van der Waals surface area contributed by atoms with E-state index in [-0.39, 0.29) is 5.69 Å². The van der Waals surface area contributed by atoms with Gasteiger partial charge in [-0.05, 0) is 30.2 Å². The number of nitro groups is 1. The first-order valence-corrected chi connectivity index (χ1v) is 8.71. The van der Waals surface area contributed by atoms with Crippen LogP contribution < -0.4 is 0 Å². The van der Waals surface area contributed by atoms with Crippen molar-refractivity contribution >= 4 is 34.0 Å². The van der Waals surface area contributed by atoms with Crippen LogP contribution in [0, 0.1) is 17.0 Å². The molecular formula is C18H14N4O2S. The molecule has 0 N–H and O–H groups in total. The second-order valence-electron chi connectivity index (χ2n) is 5.73. The van der Waals surface area contributed by atoms with Gasteiger partial charge in [-0.1, -0.05) is 42.1 Å². The van der Waals surface area contributed by atoms with Crippen molar-refractivity contribution in [2.24, 2.45) is 0 Å². The van der Waals surface area contributed by atoms with Crippen molar-refractivity contribution in [2.75, 3.05) is 0 Å². The van der Waals surface area contributed by atoms with Gasteiger partial charge in [-0.2, -0.15) is 0 Å². The van der Waals surface area contributed by atoms with E-state index in [1.165, 1.54) is 23.1 Å². The van der Waals surface area contributed by atoms with Crippen LogP contribution in [0.25, 0.3) is 16.6 Å². The van der Waals surface area contributed by atoms with Gasteiger partial charge in [0.25, 0.3) is 5.69 Å². The first kappa shape index (κ1) is 15.6. The Balaban J connectivity index is 1.68. The Morgan fingerprint density at radius 3 is 2.64 bits per heavy atom. The van der Waals surface area contributed by atoms with Crippen LogP contribution in [0.4, 0.5) is 5.69 Å². The van der Waals surface area contributed by atoms with E-state index in [0.29, 0.717) is 5.75 Å². The number of hydrogen-bond donors (Lipinski definition) is 0. The Bertz CT molecular complexity index is 1090. The molecule has 4 aromatic rings. The molecule has 0 unspecified atom stereocenters. The predicted octanol–water partition coefficient (Wildman–Crippen LogP) is 4.39. The lowest BCUT2D eigenvalue weighted by Crippen LogP contribution is -1.93. The van der Waals surface area contributed by atoms with Crippen molar-refractivity contribution in [3.05, 3.63) is 75.8 Å². The Labute approximate surface area is 147 Å². The van der Waals surface area contributed by atoms with Gasteiger partial charge < -0.3 is 0 Å². The van der Waals surface area contributed by atoms with Gasteiger partial charge in [0.05, 0.1) is 10.4 Å². The third-order valence-electron chi connectivity index (χ3n) is 4.09. The molecule has 7 heteroatoms. The number of benzene rings is 2. The largest absolute Gasteiger partial charge is 0.270 e. The second kappa shape index (κ2) is 6.18. The molecule has 0 saturated heterocycles. The van der Waals surface area contributed by atoms with Crippen molar-refractivity contribution in [1.82, 2.24) is 14.6 Å². The fraction of sp³-hybridized carbons (Fsp3) is 0.111. The molecule has 124 valence electrons. The smallest absolute Gasteiger partial charge is 0.269 e. The Hall–Kier alpha value is -2.93. The van der Waals surface area contributed by atoms with Gasteiger partial charge in [0.15, 0.2) is 10.8 Å². The van der Waals surface area contributed by atoms with Crippen LogP contribution in [0.15, 0.2) is 59.8 Å². The van der Waals surface area contributed by atoms with Gasteiger partial charge in [0, 0.05) is 23.3 Å². The number of pyridine rings is 1. The van der Waals surface area contributed by atoms with Crippen molar-refractivity contribution in [2.45, 2.75) is 17.8 Å². The number of aromatic nitrogens is 3. The summed E-state index contributed by atoms with van der Waals surface area (Å²) in [5.74, 6) is 0.668. The normalized spacial score (nSPS) is 11.2. The first-order valence-electron chi connectivity index (χ1n) is 7.73. The molecule has 0 aliphatic carbocycles. The fourth-order valence-electron chi connectivity index (χ4n) is 2.83. The number of para-hydroxylation sites is 1. The van der Waals surface area contributed by atoms with Crippen LogP contribution in [0.5, 0.6) is 0 Å². The minimum Gasteiger partial charge on any atom is -0.270 e. The Morgan fingerprint density at radius 1 is 1.12 bits per heavy atom. The maximum absolute atomic E-state index is 10.7. The minimum absolute atomic E-state index is 0.100. The number of non-ortho nitro benzene ring substituents is 1. The van der Waals surface area contributed by atoms with Crippen LogP contribution in [0.1, 0.15) is 11.1 Å². The van der Waals surface area contributed by atoms with E-state index in [2.05, 4.69) is 33.7 Å². The zero-order valence-electron chi connectivity index (χ0n) is 13.4. The maximum atomic E-state index is 10.7. The highest BCUT2D eigenvalue weighted by atomic mass is 32.2. The van der Waals surface area contributed by atoms with E-state index in [1.54, 1.807) is 23.9 Å². The molecule has 2 aromatic carbocycles. The van der Waals surface area contributed by atoms with E-state index in [9.17, 15) is 10.1 Å². The monoisotopic (exact) mass is 350 g/mol. The second-order valence-corrected chi connectivity index (χ2v) is 6.68. The summed E-state index contributed by atoms with van der Waals surface area (Å²) in [7, 11) is 0. The minimum atomic E-state index is -0.391. The number of rotatable bonds is 4. The molecule has 2 aromatic heterocycles. The van der Waals surface area contributed by atoms with Crippen molar-refractivity contribution < 1.29 is 4.92 Å². The van der Waals surface area contributed by atoms with Gasteiger partial charge in [-0.15, -0.1) is 10.2 Å². The first-order chi connectivity index (χ1) is 12.1. The molecule has 0 atom stereocenters. The average Bonchev–Trinajstić information content (AvgIpc) is 3.03. The van der Waals surface area contributed by atoms with Gasteiger partial charge in [-0.3, -0.25) is 14.5 Å². The summed E-state index contributed by atoms with van der Waals surface area (Å²) in [5.41, 5.74) is 4.17. The van der Waals surface area contributed by atoms with Crippen LogP contribution in [-0.4, -0.2) is 19.5 Å². The molecule has 0 spiro atoms. The van der Waals surface area contributed by atoms with Gasteiger partial charge >= 0.3 is 0 Å². The van der Waals surface area contributed by atoms with Crippen LogP contribution in [0.3, 0.4) is 0 Å². The lowest BCUT2D eigenvalue weighted by Gasteiger charge is -2.07. The summed E-state index contributed by atoms with van der Waals surface area (Å²) in [6.07, 6.45) is 0. The standard InChI is InChI=1S/C18H14N4O2S/c1-12-10-17-19-20-18(21(17)16-5-3-2-4-15(12)16)25-11-13-6-8-14(9-7-13)22(23)24/h2-10H,11H2,1H3. The molecule has 25 heavy (non-hydrogen) atoms. The average molecular weight is 350 g/mol. The fourth-order valence-corrected chi connectivity index (χ4v) is 3.74. The van der Waals surface area contributed by atoms with E-state index in [0.717, 1.165) is 21.9 Å². The SMILES string of the molecule is Cc1cc2nnc(SCc3ccc([N+](=O)[O-])cc3)n2c2ccccc12. The summed E-state index contributed by atoms with van der Waals surface area (Å²) in [4.78, 5) is 10.3. The number of thioether (sulfide) groups is 1. The highest BCUT2D eigenvalue weighted by molar-refractivity contribution is 7.98. The lowest BCUT2D eigenvalue weighted by molar-refractivity contribution is -0.384. The van der Waals surface area contributed by atoms with Crippen molar-refractivity contribution in [3.63, 3.8) is 0 Å². The summed E-state index contributed by atoms with van der Waals surface area (Å²) >= 11 is 1.56. The molecule has 0 saturated carbocycles. The number of aryl methyl sites for hydroxylation is 1. The zero-order chi connectivity index (χ0) is 17.4. The Kier molecular flexibility index (Phi) is 3.85. The highest BCUT2D eigenvalue weighted by Gasteiger charge is 2.12. The summed E-state index contributed by atoms with van der Waals surface area (Å²) < 4.78 is 2.05. The molecule has 4 rings (SSSR count). The van der Waals surface area contributed by atoms with E-state index < -0.39 is 4.92 Å². The van der Waals surface area contributed by atoms with Crippen LogP contribution >= 0.6 is 11.8 Å². The van der Waals surface area contributed by atoms with Crippen molar-refractivity contribution in [1.29, 1.82) is 0 Å². The quantitative estimate of drug-likeness (QED) is 0.310. The third kappa shape index (κ3) is 2.83. The van der Waals surface area contributed by atoms with E-state index >= 15 is 0 Å². The van der Waals surface area contributed by atoms with E-state index in [1.807, 2.05) is 18.2 Å². The number of fused-ring (bicyclic) bond motifs is 3. The zero-order valence-corrected chi connectivity index (χ0v) is 14.2. The summed E-state index contributed by atoms with van der Waals surface area (Å²) in [6, 6.07) is 16.8. The molecule has 0 fully saturated rings. The highest BCUT2D eigenvalue weighted by Crippen LogP contribution is 2.27. The molecule has 0 aliphatic rings. The molecule has 0 bridgehead atoms. The number of nitro benzene ring substituents is 1.